The third-order valence-electron chi connectivity index (χ3n) is 3.57. The van der Waals surface area contributed by atoms with E-state index in [0.717, 1.165) is 25.3 Å². The second kappa shape index (κ2) is 4.89. The van der Waals surface area contributed by atoms with E-state index in [4.69, 9.17) is 0 Å². The maximum atomic E-state index is 4.31. The first-order chi connectivity index (χ1) is 7.72. The molecule has 2 rings (SSSR count). The van der Waals surface area contributed by atoms with Gasteiger partial charge >= 0.3 is 0 Å². The van der Waals surface area contributed by atoms with Crippen LogP contribution < -0.4 is 5.32 Å². The molecule has 1 aromatic rings. The fraction of sp³-hybridized carbons (Fsp3) is 0.667. The van der Waals surface area contributed by atoms with E-state index in [1.807, 2.05) is 6.20 Å². The Kier molecular flexibility index (Phi) is 3.51. The van der Waals surface area contributed by atoms with Gasteiger partial charge in [-0.25, -0.2) is 0 Å². The van der Waals surface area contributed by atoms with Crippen molar-refractivity contribution in [2.75, 3.05) is 20.1 Å². The average molecular weight is 220 g/mol. The molecule has 0 bridgehead atoms. The molecule has 4 heteroatoms. The van der Waals surface area contributed by atoms with E-state index in [-0.39, 0.29) is 0 Å². The molecule has 0 atom stereocenters. The Morgan fingerprint density at radius 3 is 2.69 bits per heavy atom. The van der Waals surface area contributed by atoms with Crippen molar-refractivity contribution in [3.63, 3.8) is 0 Å². The summed E-state index contributed by atoms with van der Waals surface area (Å²) in [6.07, 6.45) is 7.73. The predicted molar refractivity (Wildman–Crippen MR) is 64.0 cm³/mol. The smallest absolute Gasteiger partial charge is 0.0726 e. The molecule has 0 unspecified atom stereocenters. The zero-order valence-electron chi connectivity index (χ0n) is 10.1. The molecular weight excluding hydrogens is 200 g/mol. The van der Waals surface area contributed by atoms with E-state index in [1.165, 1.54) is 12.8 Å². The van der Waals surface area contributed by atoms with Crippen LogP contribution in [0.4, 0.5) is 0 Å². The number of hydrogen-bond acceptors (Lipinski definition) is 4. The van der Waals surface area contributed by atoms with Crippen molar-refractivity contribution in [1.29, 1.82) is 0 Å². The Labute approximate surface area is 97.1 Å². The Balaban J connectivity index is 1.86. The van der Waals surface area contributed by atoms with Gasteiger partial charge in [0.2, 0.25) is 0 Å². The van der Waals surface area contributed by atoms with Crippen molar-refractivity contribution in [3.05, 3.63) is 24.3 Å². The first kappa shape index (κ1) is 11.5. The van der Waals surface area contributed by atoms with E-state index in [2.05, 4.69) is 34.2 Å². The topological polar surface area (TPSA) is 41.0 Å². The highest BCUT2D eigenvalue weighted by atomic mass is 15.2. The Hall–Kier alpha value is -1.00. The molecule has 1 saturated heterocycles. The lowest BCUT2D eigenvalue weighted by atomic mass is 9.90. The summed E-state index contributed by atoms with van der Waals surface area (Å²) in [4.78, 5) is 10.9. The van der Waals surface area contributed by atoms with E-state index in [0.29, 0.717) is 5.54 Å². The van der Waals surface area contributed by atoms with Crippen LogP contribution in [0, 0.1) is 0 Å². The maximum absolute atomic E-state index is 4.31. The SMILES string of the molecule is CNC1(C)CCN(Cc2cnccn2)CC1. The second-order valence-corrected chi connectivity index (χ2v) is 4.78. The molecule has 1 aliphatic heterocycles. The molecule has 2 heterocycles. The highest BCUT2D eigenvalue weighted by Gasteiger charge is 2.28. The molecular formula is C12H20N4. The average Bonchev–Trinajstić information content (AvgIpc) is 2.34. The van der Waals surface area contributed by atoms with Crippen LogP contribution >= 0.6 is 0 Å². The number of aromatic nitrogens is 2. The van der Waals surface area contributed by atoms with Gasteiger partial charge in [-0.05, 0) is 26.8 Å². The number of nitrogens with one attached hydrogen (secondary N) is 1. The molecule has 0 aliphatic carbocycles. The highest BCUT2D eigenvalue weighted by Crippen LogP contribution is 2.21. The van der Waals surface area contributed by atoms with E-state index in [1.54, 1.807) is 12.4 Å². The maximum Gasteiger partial charge on any atom is 0.0726 e. The summed E-state index contributed by atoms with van der Waals surface area (Å²) >= 11 is 0. The van der Waals surface area contributed by atoms with Gasteiger partial charge in [-0.2, -0.15) is 0 Å². The normalized spacial score (nSPS) is 20.9. The van der Waals surface area contributed by atoms with Crippen LogP contribution in [-0.2, 0) is 6.54 Å². The molecule has 0 spiro atoms. The van der Waals surface area contributed by atoms with Crippen LogP contribution in [-0.4, -0.2) is 40.5 Å². The van der Waals surface area contributed by atoms with E-state index >= 15 is 0 Å². The van der Waals surface area contributed by atoms with Gasteiger partial charge < -0.3 is 5.32 Å². The van der Waals surface area contributed by atoms with Crippen molar-refractivity contribution >= 4 is 0 Å². The van der Waals surface area contributed by atoms with Crippen LogP contribution in [0.25, 0.3) is 0 Å². The van der Waals surface area contributed by atoms with E-state index in [9.17, 15) is 0 Å². The van der Waals surface area contributed by atoms with Crippen molar-refractivity contribution in [1.82, 2.24) is 20.2 Å². The summed E-state index contributed by atoms with van der Waals surface area (Å²) in [5.41, 5.74) is 1.38. The minimum Gasteiger partial charge on any atom is -0.314 e. The van der Waals surface area contributed by atoms with Crippen molar-refractivity contribution < 1.29 is 0 Å². The lowest BCUT2D eigenvalue weighted by Crippen LogP contribution is -2.49. The van der Waals surface area contributed by atoms with Crippen LogP contribution in [0.15, 0.2) is 18.6 Å². The number of likely N-dealkylation sites (tertiary alicyclic amines) is 1. The molecule has 0 amide bonds. The first-order valence-corrected chi connectivity index (χ1v) is 5.88. The van der Waals surface area contributed by atoms with Gasteiger partial charge in [0.15, 0.2) is 0 Å². The Morgan fingerprint density at radius 2 is 2.12 bits per heavy atom. The van der Waals surface area contributed by atoms with Gasteiger partial charge in [0, 0.05) is 43.8 Å². The largest absolute Gasteiger partial charge is 0.314 e. The van der Waals surface area contributed by atoms with Gasteiger partial charge in [-0.15, -0.1) is 0 Å². The van der Waals surface area contributed by atoms with Crippen LogP contribution in [0.2, 0.25) is 0 Å². The summed E-state index contributed by atoms with van der Waals surface area (Å²) in [5.74, 6) is 0. The minimum atomic E-state index is 0.318. The summed E-state index contributed by atoms with van der Waals surface area (Å²) in [6, 6.07) is 0. The van der Waals surface area contributed by atoms with Crippen molar-refractivity contribution in [2.45, 2.75) is 31.8 Å². The number of rotatable bonds is 3. The zero-order valence-corrected chi connectivity index (χ0v) is 10.1. The highest BCUT2D eigenvalue weighted by molar-refractivity contribution is 4.96. The summed E-state index contributed by atoms with van der Waals surface area (Å²) < 4.78 is 0. The van der Waals surface area contributed by atoms with Gasteiger partial charge in [-0.1, -0.05) is 0 Å². The van der Waals surface area contributed by atoms with Gasteiger partial charge in [0.25, 0.3) is 0 Å². The van der Waals surface area contributed by atoms with E-state index < -0.39 is 0 Å². The molecule has 1 aliphatic rings. The second-order valence-electron chi connectivity index (χ2n) is 4.78. The molecule has 0 radical (unpaired) electrons. The lowest BCUT2D eigenvalue weighted by Gasteiger charge is -2.39. The molecule has 0 aromatic carbocycles. The predicted octanol–water partition coefficient (Wildman–Crippen LogP) is 1.05. The van der Waals surface area contributed by atoms with Crippen molar-refractivity contribution in [2.24, 2.45) is 0 Å². The quantitative estimate of drug-likeness (QED) is 0.826. The monoisotopic (exact) mass is 220 g/mol. The lowest BCUT2D eigenvalue weighted by molar-refractivity contribution is 0.145. The third kappa shape index (κ3) is 2.77. The molecule has 88 valence electrons. The van der Waals surface area contributed by atoms with Gasteiger partial charge in [0.05, 0.1) is 5.69 Å². The molecule has 0 saturated carbocycles. The van der Waals surface area contributed by atoms with Crippen LogP contribution in [0.1, 0.15) is 25.5 Å². The number of nitrogens with zero attached hydrogens (tertiary/aromatic N) is 3. The molecule has 4 nitrogen and oxygen atoms in total. The fourth-order valence-electron chi connectivity index (χ4n) is 2.10. The standard InChI is InChI=1S/C12H20N4/c1-12(13-2)3-7-16(8-4-12)10-11-9-14-5-6-15-11/h5-6,9,13H,3-4,7-8,10H2,1-2H3. The summed E-state index contributed by atoms with van der Waals surface area (Å²) in [6.45, 7) is 5.49. The van der Waals surface area contributed by atoms with Crippen molar-refractivity contribution in [3.8, 4) is 0 Å². The molecule has 1 aromatic heterocycles. The Morgan fingerprint density at radius 1 is 1.38 bits per heavy atom. The third-order valence-corrected chi connectivity index (χ3v) is 3.57. The van der Waals surface area contributed by atoms with Gasteiger partial charge in [0.1, 0.15) is 0 Å². The minimum absolute atomic E-state index is 0.318. The zero-order chi connectivity index (χ0) is 11.4. The van der Waals surface area contributed by atoms with Gasteiger partial charge in [-0.3, -0.25) is 14.9 Å². The fourth-order valence-corrected chi connectivity index (χ4v) is 2.10. The molecule has 1 fully saturated rings. The Bertz CT molecular complexity index is 317. The number of hydrogen-bond donors (Lipinski definition) is 1. The number of piperidine rings is 1. The first-order valence-electron chi connectivity index (χ1n) is 5.88. The van der Waals surface area contributed by atoms with Crippen LogP contribution in [0.3, 0.4) is 0 Å². The van der Waals surface area contributed by atoms with Crippen LogP contribution in [0.5, 0.6) is 0 Å². The molecule has 16 heavy (non-hydrogen) atoms. The summed E-state index contributed by atoms with van der Waals surface area (Å²) in [7, 11) is 2.05. The molecule has 1 N–H and O–H groups in total. The summed E-state index contributed by atoms with van der Waals surface area (Å²) in [5, 5.41) is 3.41.